The standard InChI is InChI=1S/C24H24N2O4/c27-23(20-8-4-5-9-22(20)30-15-16-6-2-1-3-7-16)26-19-11-10-17-12-18(24(28)29)14-25-21(17)13-19/h4-5,8-14,16H,1-3,6-7,15H2,(H,26,27)(H,28,29). The third kappa shape index (κ3) is 4.59. The van der Waals surface area contributed by atoms with Gasteiger partial charge in [0.2, 0.25) is 0 Å². The Hall–Kier alpha value is -3.41. The molecule has 1 aromatic heterocycles. The van der Waals surface area contributed by atoms with E-state index in [1.807, 2.05) is 18.2 Å². The maximum Gasteiger partial charge on any atom is 0.337 e. The second kappa shape index (κ2) is 8.95. The maximum atomic E-state index is 12.9. The number of anilines is 1. The molecule has 30 heavy (non-hydrogen) atoms. The largest absolute Gasteiger partial charge is 0.492 e. The number of ether oxygens (including phenoxy) is 1. The van der Waals surface area contributed by atoms with E-state index in [1.54, 1.807) is 30.3 Å². The molecule has 1 amide bonds. The molecule has 2 N–H and O–H groups in total. The first-order valence-corrected chi connectivity index (χ1v) is 10.3. The summed E-state index contributed by atoms with van der Waals surface area (Å²) in [5, 5.41) is 12.7. The van der Waals surface area contributed by atoms with Gasteiger partial charge in [-0.2, -0.15) is 0 Å². The van der Waals surface area contributed by atoms with Crippen LogP contribution in [-0.4, -0.2) is 28.6 Å². The highest BCUT2D eigenvalue weighted by atomic mass is 16.5. The molecule has 6 nitrogen and oxygen atoms in total. The Morgan fingerprint density at radius 2 is 1.87 bits per heavy atom. The highest BCUT2D eigenvalue weighted by Crippen LogP contribution is 2.27. The number of pyridine rings is 1. The number of aromatic carboxylic acids is 1. The second-order valence-corrected chi connectivity index (χ2v) is 7.70. The third-order valence-electron chi connectivity index (χ3n) is 5.52. The summed E-state index contributed by atoms with van der Waals surface area (Å²) in [6.45, 7) is 0.635. The number of benzene rings is 2. The molecule has 0 spiro atoms. The molecule has 0 radical (unpaired) electrons. The molecule has 1 fully saturated rings. The summed E-state index contributed by atoms with van der Waals surface area (Å²) in [5.41, 5.74) is 1.82. The number of hydrogen-bond donors (Lipinski definition) is 2. The first-order chi connectivity index (χ1) is 14.6. The van der Waals surface area contributed by atoms with E-state index in [0.717, 1.165) is 0 Å². The van der Waals surface area contributed by atoms with Gasteiger partial charge >= 0.3 is 5.97 Å². The lowest BCUT2D eigenvalue weighted by Gasteiger charge is -2.22. The van der Waals surface area contributed by atoms with Crippen molar-refractivity contribution in [2.45, 2.75) is 32.1 Å². The van der Waals surface area contributed by atoms with E-state index in [-0.39, 0.29) is 11.5 Å². The summed E-state index contributed by atoms with van der Waals surface area (Å²) in [5.74, 6) is -0.134. The second-order valence-electron chi connectivity index (χ2n) is 7.70. The molecule has 4 rings (SSSR count). The zero-order valence-corrected chi connectivity index (χ0v) is 16.6. The van der Waals surface area contributed by atoms with Crippen molar-refractivity contribution in [3.63, 3.8) is 0 Å². The van der Waals surface area contributed by atoms with Crippen molar-refractivity contribution in [2.24, 2.45) is 5.92 Å². The van der Waals surface area contributed by atoms with Crippen LogP contribution in [0.4, 0.5) is 5.69 Å². The van der Waals surface area contributed by atoms with Crippen molar-refractivity contribution in [3.05, 3.63) is 65.9 Å². The van der Waals surface area contributed by atoms with Gasteiger partial charge in [0.05, 0.1) is 23.3 Å². The average Bonchev–Trinajstić information content (AvgIpc) is 2.78. The van der Waals surface area contributed by atoms with Crippen molar-refractivity contribution >= 4 is 28.5 Å². The molecule has 0 aliphatic heterocycles. The lowest BCUT2D eigenvalue weighted by atomic mass is 9.90. The number of para-hydroxylation sites is 1. The highest BCUT2D eigenvalue weighted by Gasteiger charge is 2.17. The molecular formula is C24H24N2O4. The number of carboxylic acids is 1. The van der Waals surface area contributed by atoms with Crippen LogP contribution in [0.25, 0.3) is 10.9 Å². The van der Waals surface area contributed by atoms with Gasteiger partial charge in [-0.25, -0.2) is 4.79 Å². The minimum atomic E-state index is -1.02. The summed E-state index contributed by atoms with van der Waals surface area (Å²) < 4.78 is 6.01. The number of rotatable bonds is 6. The number of carboxylic acid groups (broad SMARTS) is 1. The normalized spacial score (nSPS) is 14.4. The van der Waals surface area contributed by atoms with Gasteiger partial charge in [-0.1, -0.05) is 37.5 Å². The van der Waals surface area contributed by atoms with Gasteiger partial charge in [0.25, 0.3) is 5.91 Å². The van der Waals surface area contributed by atoms with Gasteiger partial charge < -0.3 is 15.2 Å². The van der Waals surface area contributed by atoms with Gasteiger partial charge in [0.1, 0.15) is 5.75 Å². The van der Waals surface area contributed by atoms with E-state index < -0.39 is 5.97 Å². The molecule has 1 heterocycles. The number of carbonyl (C=O) groups excluding carboxylic acids is 1. The van der Waals surface area contributed by atoms with Crippen LogP contribution in [0.3, 0.4) is 0 Å². The zero-order valence-electron chi connectivity index (χ0n) is 16.6. The Labute approximate surface area is 174 Å². The van der Waals surface area contributed by atoms with Gasteiger partial charge in [-0.05, 0) is 49.1 Å². The first kappa shape index (κ1) is 19.9. The predicted molar refractivity (Wildman–Crippen MR) is 115 cm³/mol. The van der Waals surface area contributed by atoms with Crippen molar-refractivity contribution in [2.75, 3.05) is 11.9 Å². The van der Waals surface area contributed by atoms with Gasteiger partial charge in [0, 0.05) is 17.3 Å². The lowest BCUT2D eigenvalue weighted by molar-refractivity contribution is 0.0696. The van der Waals surface area contributed by atoms with E-state index in [2.05, 4.69) is 10.3 Å². The fourth-order valence-corrected chi connectivity index (χ4v) is 3.86. The molecule has 1 saturated carbocycles. The number of aromatic nitrogens is 1. The van der Waals surface area contributed by atoms with Gasteiger partial charge in [-0.3, -0.25) is 9.78 Å². The van der Waals surface area contributed by atoms with Crippen LogP contribution >= 0.6 is 0 Å². The summed E-state index contributed by atoms with van der Waals surface area (Å²) in [4.78, 5) is 28.2. The predicted octanol–water partition coefficient (Wildman–Crippen LogP) is 5.14. The van der Waals surface area contributed by atoms with Crippen LogP contribution in [0.2, 0.25) is 0 Å². The molecule has 0 unspecified atom stereocenters. The van der Waals surface area contributed by atoms with Crippen molar-refractivity contribution in [1.82, 2.24) is 4.98 Å². The Bertz CT molecular complexity index is 1070. The van der Waals surface area contributed by atoms with E-state index >= 15 is 0 Å². The molecule has 1 aliphatic rings. The Kier molecular flexibility index (Phi) is 5.93. The quantitative estimate of drug-likeness (QED) is 0.593. The van der Waals surface area contributed by atoms with Gasteiger partial charge in [-0.15, -0.1) is 0 Å². The molecule has 0 atom stereocenters. The van der Waals surface area contributed by atoms with Crippen molar-refractivity contribution < 1.29 is 19.4 Å². The number of carbonyl (C=O) groups is 2. The van der Waals surface area contributed by atoms with Crippen LogP contribution in [0.5, 0.6) is 5.75 Å². The molecule has 3 aromatic rings. The van der Waals surface area contributed by atoms with Crippen molar-refractivity contribution in [3.8, 4) is 5.75 Å². The molecular weight excluding hydrogens is 380 g/mol. The van der Waals surface area contributed by atoms with Gasteiger partial charge in [0.15, 0.2) is 0 Å². The Balaban J connectivity index is 1.48. The summed E-state index contributed by atoms with van der Waals surface area (Å²) in [6.07, 6.45) is 7.47. The number of fused-ring (bicyclic) bond motifs is 1. The number of nitrogens with one attached hydrogen (secondary N) is 1. The Morgan fingerprint density at radius 1 is 1.07 bits per heavy atom. The van der Waals surface area contributed by atoms with E-state index in [4.69, 9.17) is 9.84 Å². The van der Waals surface area contributed by atoms with E-state index in [0.29, 0.717) is 40.4 Å². The highest BCUT2D eigenvalue weighted by molar-refractivity contribution is 6.07. The minimum Gasteiger partial charge on any atom is -0.492 e. The van der Waals surface area contributed by atoms with Crippen LogP contribution < -0.4 is 10.1 Å². The van der Waals surface area contributed by atoms with Crippen molar-refractivity contribution in [1.29, 1.82) is 0 Å². The minimum absolute atomic E-state index is 0.128. The average molecular weight is 404 g/mol. The molecule has 2 aromatic carbocycles. The number of amides is 1. The fourth-order valence-electron chi connectivity index (χ4n) is 3.86. The molecule has 6 heteroatoms. The summed E-state index contributed by atoms with van der Waals surface area (Å²) in [7, 11) is 0. The fraction of sp³-hybridized carbons (Fsp3) is 0.292. The first-order valence-electron chi connectivity index (χ1n) is 10.3. The van der Waals surface area contributed by atoms with Crippen LogP contribution in [0.15, 0.2) is 54.7 Å². The lowest BCUT2D eigenvalue weighted by Crippen LogP contribution is -2.18. The topological polar surface area (TPSA) is 88.5 Å². The zero-order chi connectivity index (χ0) is 20.9. The van der Waals surface area contributed by atoms with Crippen LogP contribution in [-0.2, 0) is 0 Å². The smallest absolute Gasteiger partial charge is 0.337 e. The molecule has 0 saturated heterocycles. The van der Waals surface area contributed by atoms with E-state index in [1.165, 1.54) is 38.3 Å². The van der Waals surface area contributed by atoms with Crippen LogP contribution in [0, 0.1) is 5.92 Å². The third-order valence-corrected chi connectivity index (χ3v) is 5.52. The summed E-state index contributed by atoms with van der Waals surface area (Å²) in [6, 6.07) is 14.0. The number of hydrogen-bond acceptors (Lipinski definition) is 4. The van der Waals surface area contributed by atoms with Crippen LogP contribution in [0.1, 0.15) is 52.8 Å². The monoisotopic (exact) mass is 404 g/mol. The molecule has 0 bridgehead atoms. The SMILES string of the molecule is O=C(O)c1cnc2cc(NC(=O)c3ccccc3OCC3CCCCC3)ccc2c1. The van der Waals surface area contributed by atoms with E-state index in [9.17, 15) is 9.59 Å². The molecule has 1 aliphatic carbocycles. The maximum absolute atomic E-state index is 12.9. The Morgan fingerprint density at radius 3 is 2.67 bits per heavy atom. The number of nitrogens with zero attached hydrogens (tertiary/aromatic N) is 1. The summed E-state index contributed by atoms with van der Waals surface area (Å²) >= 11 is 0. The molecule has 154 valence electrons.